The minimum Gasteiger partial charge on any atom is -0.307 e. The Kier molecular flexibility index (Phi) is 3.82. The van der Waals surface area contributed by atoms with Gasteiger partial charge in [0.05, 0.1) is 0 Å². The maximum atomic E-state index is 3.73. The Labute approximate surface area is 112 Å². The van der Waals surface area contributed by atoms with Crippen LogP contribution in [0.25, 0.3) is 0 Å². The lowest BCUT2D eigenvalue weighted by Gasteiger charge is -2.21. The van der Waals surface area contributed by atoms with Gasteiger partial charge < -0.3 is 5.32 Å². The van der Waals surface area contributed by atoms with E-state index >= 15 is 0 Å². The van der Waals surface area contributed by atoms with E-state index in [1.807, 2.05) is 0 Å². The van der Waals surface area contributed by atoms with Crippen LogP contribution in [0.4, 0.5) is 0 Å². The molecule has 1 aromatic carbocycles. The largest absolute Gasteiger partial charge is 0.307 e. The van der Waals surface area contributed by atoms with E-state index in [-0.39, 0.29) is 5.41 Å². The first-order valence-electron chi connectivity index (χ1n) is 7.28. The van der Waals surface area contributed by atoms with Crippen LogP contribution in [-0.2, 0) is 5.41 Å². The normalized spacial score (nSPS) is 24.9. The number of rotatable bonds is 4. The second-order valence-electron chi connectivity index (χ2n) is 6.77. The molecule has 0 bridgehead atoms. The van der Waals surface area contributed by atoms with E-state index < -0.39 is 0 Å². The summed E-state index contributed by atoms with van der Waals surface area (Å²) in [6.45, 7) is 11.4. The van der Waals surface area contributed by atoms with Gasteiger partial charge in [-0.3, -0.25) is 0 Å². The Morgan fingerprint density at radius 3 is 2.28 bits per heavy atom. The summed E-state index contributed by atoms with van der Waals surface area (Å²) in [6.07, 6.45) is 2.67. The zero-order chi connectivity index (χ0) is 13.3. The summed E-state index contributed by atoms with van der Waals surface area (Å²) >= 11 is 0. The minimum atomic E-state index is 0.249. The smallest absolute Gasteiger partial charge is 0.0294 e. The van der Waals surface area contributed by atoms with Gasteiger partial charge in [0.2, 0.25) is 0 Å². The molecule has 0 aliphatic heterocycles. The molecule has 0 heterocycles. The van der Waals surface area contributed by atoms with Crippen molar-refractivity contribution < 1.29 is 0 Å². The molecule has 0 radical (unpaired) electrons. The standard InChI is InChI=1S/C17H27N/c1-6-13-11-16(13)18-12(2)14-7-9-15(10-8-14)17(3,4)5/h7-10,12-13,16,18H,6,11H2,1-5H3. The molecule has 1 aliphatic carbocycles. The van der Waals surface area contributed by atoms with Gasteiger partial charge in [-0.1, -0.05) is 58.4 Å². The molecule has 1 saturated carbocycles. The van der Waals surface area contributed by atoms with Gasteiger partial charge in [-0.2, -0.15) is 0 Å². The van der Waals surface area contributed by atoms with Crippen molar-refractivity contribution in [3.63, 3.8) is 0 Å². The molecule has 18 heavy (non-hydrogen) atoms. The molecule has 0 spiro atoms. The zero-order valence-corrected chi connectivity index (χ0v) is 12.5. The highest BCUT2D eigenvalue weighted by Crippen LogP contribution is 2.35. The predicted octanol–water partition coefficient (Wildman–Crippen LogP) is 4.43. The Bertz CT molecular complexity index is 385. The fraction of sp³-hybridized carbons (Fsp3) is 0.647. The molecule has 1 aliphatic rings. The van der Waals surface area contributed by atoms with Gasteiger partial charge in [0.15, 0.2) is 0 Å². The minimum absolute atomic E-state index is 0.249. The summed E-state index contributed by atoms with van der Waals surface area (Å²) in [7, 11) is 0. The molecule has 0 aromatic heterocycles. The quantitative estimate of drug-likeness (QED) is 0.827. The lowest BCUT2D eigenvalue weighted by molar-refractivity contribution is 0.538. The highest BCUT2D eigenvalue weighted by atomic mass is 15.0. The third kappa shape index (κ3) is 3.14. The van der Waals surface area contributed by atoms with Crippen LogP contribution in [0.15, 0.2) is 24.3 Å². The maximum Gasteiger partial charge on any atom is 0.0294 e. The van der Waals surface area contributed by atoms with Crippen molar-refractivity contribution in [2.24, 2.45) is 5.92 Å². The summed E-state index contributed by atoms with van der Waals surface area (Å²) in [5.74, 6) is 0.918. The van der Waals surface area contributed by atoms with Crippen LogP contribution in [0.1, 0.15) is 64.6 Å². The van der Waals surface area contributed by atoms with Crippen LogP contribution in [0, 0.1) is 5.92 Å². The number of benzene rings is 1. The van der Waals surface area contributed by atoms with Gasteiger partial charge in [-0.15, -0.1) is 0 Å². The van der Waals surface area contributed by atoms with Crippen LogP contribution < -0.4 is 5.32 Å². The number of hydrogen-bond acceptors (Lipinski definition) is 1. The average molecular weight is 245 g/mol. The molecular weight excluding hydrogens is 218 g/mol. The Morgan fingerprint density at radius 1 is 1.22 bits per heavy atom. The van der Waals surface area contributed by atoms with E-state index in [9.17, 15) is 0 Å². The lowest BCUT2D eigenvalue weighted by atomic mass is 9.86. The van der Waals surface area contributed by atoms with Gasteiger partial charge in [-0.25, -0.2) is 0 Å². The molecule has 1 nitrogen and oxygen atoms in total. The zero-order valence-electron chi connectivity index (χ0n) is 12.5. The van der Waals surface area contributed by atoms with Gasteiger partial charge in [-0.05, 0) is 35.8 Å². The topological polar surface area (TPSA) is 12.0 Å². The van der Waals surface area contributed by atoms with E-state index in [0.717, 1.165) is 12.0 Å². The fourth-order valence-electron chi connectivity index (χ4n) is 2.59. The van der Waals surface area contributed by atoms with Crippen molar-refractivity contribution >= 4 is 0 Å². The molecule has 1 heteroatoms. The number of nitrogens with one attached hydrogen (secondary N) is 1. The molecule has 0 saturated heterocycles. The van der Waals surface area contributed by atoms with Gasteiger partial charge >= 0.3 is 0 Å². The molecule has 1 aromatic rings. The van der Waals surface area contributed by atoms with Crippen LogP contribution in [-0.4, -0.2) is 6.04 Å². The molecular formula is C17H27N. The molecule has 0 amide bonds. The predicted molar refractivity (Wildman–Crippen MR) is 78.9 cm³/mol. The van der Waals surface area contributed by atoms with Crippen molar-refractivity contribution in [2.45, 2.75) is 65.0 Å². The van der Waals surface area contributed by atoms with Crippen LogP contribution >= 0.6 is 0 Å². The van der Waals surface area contributed by atoms with Crippen molar-refractivity contribution in [1.29, 1.82) is 0 Å². The van der Waals surface area contributed by atoms with Crippen molar-refractivity contribution in [2.75, 3.05) is 0 Å². The SMILES string of the molecule is CCC1CC1NC(C)c1ccc(C(C)(C)C)cc1. The van der Waals surface area contributed by atoms with Crippen molar-refractivity contribution in [3.05, 3.63) is 35.4 Å². The van der Waals surface area contributed by atoms with E-state index in [1.54, 1.807) is 0 Å². The van der Waals surface area contributed by atoms with E-state index in [0.29, 0.717) is 6.04 Å². The summed E-state index contributed by atoms with van der Waals surface area (Å²) in [4.78, 5) is 0. The molecule has 3 atom stereocenters. The lowest BCUT2D eigenvalue weighted by Crippen LogP contribution is -2.22. The fourth-order valence-corrected chi connectivity index (χ4v) is 2.59. The first kappa shape index (κ1) is 13.6. The van der Waals surface area contributed by atoms with Crippen LogP contribution in [0.2, 0.25) is 0 Å². The maximum absolute atomic E-state index is 3.73. The molecule has 1 fully saturated rings. The second kappa shape index (κ2) is 5.05. The van der Waals surface area contributed by atoms with Crippen LogP contribution in [0.5, 0.6) is 0 Å². The summed E-state index contributed by atoms with van der Waals surface area (Å²) in [5.41, 5.74) is 3.07. The highest BCUT2D eigenvalue weighted by molar-refractivity contribution is 5.29. The van der Waals surface area contributed by atoms with Crippen molar-refractivity contribution in [1.82, 2.24) is 5.32 Å². The third-order valence-corrected chi connectivity index (χ3v) is 4.19. The molecule has 100 valence electrons. The monoisotopic (exact) mass is 245 g/mol. The third-order valence-electron chi connectivity index (χ3n) is 4.19. The van der Waals surface area contributed by atoms with E-state index in [1.165, 1.54) is 24.0 Å². The first-order valence-corrected chi connectivity index (χ1v) is 7.28. The average Bonchev–Trinajstić information content (AvgIpc) is 3.06. The van der Waals surface area contributed by atoms with Crippen LogP contribution in [0.3, 0.4) is 0 Å². The van der Waals surface area contributed by atoms with Crippen molar-refractivity contribution in [3.8, 4) is 0 Å². The molecule has 1 N–H and O–H groups in total. The summed E-state index contributed by atoms with van der Waals surface area (Å²) < 4.78 is 0. The Balaban J connectivity index is 1.97. The number of hydrogen-bond donors (Lipinski definition) is 1. The molecule has 3 unspecified atom stereocenters. The Hall–Kier alpha value is -0.820. The second-order valence-corrected chi connectivity index (χ2v) is 6.77. The first-order chi connectivity index (χ1) is 8.41. The van der Waals surface area contributed by atoms with E-state index in [4.69, 9.17) is 0 Å². The van der Waals surface area contributed by atoms with Gasteiger partial charge in [0, 0.05) is 12.1 Å². The summed E-state index contributed by atoms with van der Waals surface area (Å²) in [6, 6.07) is 10.3. The Morgan fingerprint density at radius 2 is 1.83 bits per heavy atom. The molecule has 2 rings (SSSR count). The van der Waals surface area contributed by atoms with E-state index in [2.05, 4.69) is 64.2 Å². The highest BCUT2D eigenvalue weighted by Gasteiger charge is 2.35. The summed E-state index contributed by atoms with van der Waals surface area (Å²) in [5, 5.41) is 3.73. The van der Waals surface area contributed by atoms with Gasteiger partial charge in [0.1, 0.15) is 0 Å². The van der Waals surface area contributed by atoms with Gasteiger partial charge in [0.25, 0.3) is 0 Å².